The third-order valence-electron chi connectivity index (χ3n) is 3.59. The molecule has 1 fully saturated rings. The number of aliphatic hydroxyl groups is 1. The van der Waals surface area contributed by atoms with Crippen LogP contribution in [0, 0.1) is 5.92 Å². The summed E-state index contributed by atoms with van der Waals surface area (Å²) in [6.07, 6.45) is 8.19. The largest absolute Gasteiger partial charge is 0.394 e. The number of aromatic nitrogens is 2. The maximum atomic E-state index is 9.65. The number of nitrogens with zero attached hydrogens (tertiary/aromatic N) is 2. The van der Waals surface area contributed by atoms with Crippen LogP contribution in [-0.2, 0) is 7.05 Å². The zero-order chi connectivity index (χ0) is 11.6. The summed E-state index contributed by atoms with van der Waals surface area (Å²) >= 11 is 0. The minimum absolute atomic E-state index is 0.170. The normalized spacial score (nSPS) is 30.3. The Morgan fingerprint density at radius 3 is 3.06 bits per heavy atom. The van der Waals surface area contributed by atoms with Crippen LogP contribution in [-0.4, -0.2) is 26.8 Å². The fourth-order valence-corrected chi connectivity index (χ4v) is 2.68. The lowest BCUT2D eigenvalue weighted by molar-refractivity contribution is 0.148. The highest BCUT2D eigenvalue weighted by molar-refractivity contribution is 5.31. The van der Waals surface area contributed by atoms with Crippen molar-refractivity contribution in [1.82, 2.24) is 9.55 Å². The van der Waals surface area contributed by atoms with Crippen LogP contribution in [0.1, 0.15) is 32.6 Å². The Morgan fingerprint density at radius 2 is 2.50 bits per heavy atom. The molecule has 1 heterocycles. The molecule has 0 aliphatic heterocycles. The summed E-state index contributed by atoms with van der Waals surface area (Å²) in [6.45, 7) is 2.44. The fraction of sp³-hybridized carbons (Fsp3) is 0.750. The van der Waals surface area contributed by atoms with E-state index in [0.29, 0.717) is 5.92 Å². The molecular weight excluding hydrogens is 202 g/mol. The minimum atomic E-state index is -0.170. The molecule has 0 saturated heterocycles. The van der Waals surface area contributed by atoms with E-state index in [0.717, 1.165) is 18.8 Å². The lowest BCUT2D eigenvalue weighted by Gasteiger charge is -2.39. The Kier molecular flexibility index (Phi) is 3.19. The van der Waals surface area contributed by atoms with Crippen LogP contribution < -0.4 is 5.32 Å². The molecule has 2 unspecified atom stereocenters. The number of imidazole rings is 1. The molecule has 2 rings (SSSR count). The summed E-state index contributed by atoms with van der Waals surface area (Å²) in [5.74, 6) is 1.52. The van der Waals surface area contributed by atoms with Crippen molar-refractivity contribution in [3.8, 4) is 0 Å². The van der Waals surface area contributed by atoms with Gasteiger partial charge < -0.3 is 15.0 Å². The van der Waals surface area contributed by atoms with Gasteiger partial charge in [-0.2, -0.15) is 0 Å². The second-order valence-corrected chi connectivity index (χ2v) is 5.13. The van der Waals surface area contributed by atoms with Crippen molar-refractivity contribution in [2.24, 2.45) is 13.0 Å². The highest BCUT2D eigenvalue weighted by atomic mass is 16.3. The van der Waals surface area contributed by atoms with Crippen LogP contribution in [0.3, 0.4) is 0 Å². The van der Waals surface area contributed by atoms with Gasteiger partial charge in [0.25, 0.3) is 0 Å². The molecule has 16 heavy (non-hydrogen) atoms. The predicted molar refractivity (Wildman–Crippen MR) is 64.3 cm³/mol. The second kappa shape index (κ2) is 4.45. The van der Waals surface area contributed by atoms with E-state index in [1.54, 1.807) is 6.20 Å². The average molecular weight is 223 g/mol. The first-order valence-electron chi connectivity index (χ1n) is 6.01. The van der Waals surface area contributed by atoms with E-state index < -0.39 is 0 Å². The number of rotatable bonds is 3. The maximum Gasteiger partial charge on any atom is 0.203 e. The Bertz CT molecular complexity index is 350. The molecule has 0 aromatic carbocycles. The van der Waals surface area contributed by atoms with Crippen molar-refractivity contribution in [2.45, 2.75) is 38.1 Å². The van der Waals surface area contributed by atoms with Crippen molar-refractivity contribution in [2.75, 3.05) is 11.9 Å². The van der Waals surface area contributed by atoms with Gasteiger partial charge in [0.05, 0.1) is 12.1 Å². The van der Waals surface area contributed by atoms with Crippen molar-refractivity contribution in [3.05, 3.63) is 12.4 Å². The first kappa shape index (κ1) is 11.5. The summed E-state index contributed by atoms with van der Waals surface area (Å²) in [4.78, 5) is 4.27. The standard InChI is InChI=1S/C12H21N3O/c1-10-4-3-5-12(8-10,9-16)14-11-13-6-7-15(11)2/h6-7,10,16H,3-5,8-9H2,1-2H3,(H,13,14). The number of nitrogens with one attached hydrogen (secondary N) is 1. The highest BCUT2D eigenvalue weighted by Gasteiger charge is 2.35. The summed E-state index contributed by atoms with van der Waals surface area (Å²) in [5, 5.41) is 13.1. The predicted octanol–water partition coefficient (Wildman–Crippen LogP) is 1.77. The molecular formula is C12H21N3O. The van der Waals surface area contributed by atoms with Gasteiger partial charge in [-0.15, -0.1) is 0 Å². The third kappa shape index (κ3) is 2.21. The topological polar surface area (TPSA) is 50.1 Å². The van der Waals surface area contributed by atoms with E-state index in [1.807, 2.05) is 17.8 Å². The van der Waals surface area contributed by atoms with Gasteiger partial charge in [0.1, 0.15) is 0 Å². The molecule has 2 atom stereocenters. The molecule has 1 aliphatic rings. The smallest absolute Gasteiger partial charge is 0.203 e. The average Bonchev–Trinajstić information content (AvgIpc) is 2.64. The lowest BCUT2D eigenvalue weighted by Crippen LogP contribution is -2.46. The van der Waals surface area contributed by atoms with E-state index in [1.165, 1.54) is 12.8 Å². The maximum absolute atomic E-state index is 9.65. The SMILES string of the molecule is CC1CCCC(CO)(Nc2nccn2C)C1. The van der Waals surface area contributed by atoms with Gasteiger partial charge in [0.2, 0.25) is 5.95 Å². The van der Waals surface area contributed by atoms with E-state index in [4.69, 9.17) is 0 Å². The highest BCUT2D eigenvalue weighted by Crippen LogP contribution is 2.34. The molecule has 4 heteroatoms. The van der Waals surface area contributed by atoms with Crippen molar-refractivity contribution < 1.29 is 5.11 Å². The van der Waals surface area contributed by atoms with Crippen LogP contribution >= 0.6 is 0 Å². The number of hydrogen-bond donors (Lipinski definition) is 2. The van der Waals surface area contributed by atoms with Crippen molar-refractivity contribution >= 4 is 5.95 Å². The van der Waals surface area contributed by atoms with E-state index >= 15 is 0 Å². The molecule has 1 aliphatic carbocycles. The van der Waals surface area contributed by atoms with Gasteiger partial charge in [-0.25, -0.2) is 4.98 Å². The summed E-state index contributed by atoms with van der Waals surface area (Å²) in [6, 6.07) is 0. The monoisotopic (exact) mass is 223 g/mol. The van der Waals surface area contributed by atoms with Crippen LogP contribution in [0.25, 0.3) is 0 Å². The molecule has 0 bridgehead atoms. The zero-order valence-corrected chi connectivity index (χ0v) is 10.1. The molecule has 2 N–H and O–H groups in total. The van der Waals surface area contributed by atoms with Gasteiger partial charge >= 0.3 is 0 Å². The fourth-order valence-electron chi connectivity index (χ4n) is 2.68. The molecule has 4 nitrogen and oxygen atoms in total. The van der Waals surface area contributed by atoms with Gasteiger partial charge in [-0.1, -0.05) is 19.8 Å². The van der Waals surface area contributed by atoms with Crippen LogP contribution in [0.15, 0.2) is 12.4 Å². The van der Waals surface area contributed by atoms with Crippen molar-refractivity contribution in [1.29, 1.82) is 0 Å². The zero-order valence-electron chi connectivity index (χ0n) is 10.1. The molecule has 1 saturated carbocycles. The van der Waals surface area contributed by atoms with Crippen molar-refractivity contribution in [3.63, 3.8) is 0 Å². The Labute approximate surface area is 96.7 Å². The molecule has 0 spiro atoms. The first-order valence-corrected chi connectivity index (χ1v) is 6.01. The van der Waals surface area contributed by atoms with Gasteiger partial charge in [0, 0.05) is 19.4 Å². The Hall–Kier alpha value is -1.03. The number of hydrogen-bond acceptors (Lipinski definition) is 3. The third-order valence-corrected chi connectivity index (χ3v) is 3.59. The first-order chi connectivity index (χ1) is 7.65. The molecule has 1 aromatic heterocycles. The van der Waals surface area contributed by atoms with Gasteiger partial charge in [0.15, 0.2) is 0 Å². The number of aryl methyl sites for hydroxylation is 1. The lowest BCUT2D eigenvalue weighted by atomic mass is 9.77. The summed E-state index contributed by atoms with van der Waals surface area (Å²) in [7, 11) is 1.96. The van der Waals surface area contributed by atoms with Crippen LogP contribution in [0.2, 0.25) is 0 Å². The van der Waals surface area contributed by atoms with Crippen LogP contribution in [0.5, 0.6) is 0 Å². The van der Waals surface area contributed by atoms with E-state index in [-0.39, 0.29) is 12.1 Å². The van der Waals surface area contributed by atoms with E-state index in [2.05, 4.69) is 17.2 Å². The Morgan fingerprint density at radius 1 is 1.69 bits per heavy atom. The molecule has 0 amide bonds. The second-order valence-electron chi connectivity index (χ2n) is 5.13. The minimum Gasteiger partial charge on any atom is -0.394 e. The quantitative estimate of drug-likeness (QED) is 0.821. The summed E-state index contributed by atoms with van der Waals surface area (Å²) < 4.78 is 1.96. The number of anilines is 1. The molecule has 0 radical (unpaired) electrons. The van der Waals surface area contributed by atoms with E-state index in [9.17, 15) is 5.11 Å². The Balaban J connectivity index is 2.12. The number of aliphatic hydroxyl groups excluding tert-OH is 1. The van der Waals surface area contributed by atoms with Gasteiger partial charge in [-0.3, -0.25) is 0 Å². The molecule has 1 aromatic rings. The summed E-state index contributed by atoms with van der Waals surface area (Å²) in [5.41, 5.74) is -0.170. The van der Waals surface area contributed by atoms with Crippen LogP contribution in [0.4, 0.5) is 5.95 Å². The van der Waals surface area contributed by atoms with Gasteiger partial charge in [-0.05, 0) is 18.8 Å². The molecule has 90 valence electrons.